The van der Waals surface area contributed by atoms with Gasteiger partial charge in [-0.1, -0.05) is 6.07 Å². The van der Waals surface area contributed by atoms with Crippen LogP contribution in [0.4, 0.5) is 11.4 Å². The molecule has 0 aliphatic heterocycles. The maximum atomic E-state index is 13.2. The molecule has 0 aliphatic rings. The normalized spacial score (nSPS) is 11.2. The second kappa shape index (κ2) is 11.0. The average molecular weight is 489 g/mol. The molecule has 0 saturated carbocycles. The van der Waals surface area contributed by atoms with Gasteiger partial charge in [0.15, 0.2) is 0 Å². The molecule has 2 aromatic rings. The lowest BCUT2D eigenvalue weighted by Crippen LogP contribution is -2.44. The highest BCUT2D eigenvalue weighted by Gasteiger charge is 2.36. The van der Waals surface area contributed by atoms with E-state index in [0.717, 1.165) is 43.4 Å². The molecule has 1 amide bonds. The van der Waals surface area contributed by atoms with E-state index < -0.39 is 62.8 Å². The molecule has 1 atom stereocenters. The second-order valence-corrected chi connectivity index (χ2v) is 7.51. The van der Waals surface area contributed by atoms with E-state index in [9.17, 15) is 34.6 Å². The molecule has 2 aromatic carbocycles. The maximum absolute atomic E-state index is 13.2. The molecule has 0 bridgehead atoms. The fourth-order valence-corrected chi connectivity index (χ4v) is 3.31. The molecule has 0 heterocycles. The van der Waals surface area contributed by atoms with E-state index in [1.54, 1.807) is 26.0 Å². The number of likely N-dealkylation sites (N-methyl/N-ethyl adjacent to an activating group) is 1. The van der Waals surface area contributed by atoms with E-state index in [2.05, 4.69) is 9.47 Å². The molecule has 13 heteroatoms. The summed E-state index contributed by atoms with van der Waals surface area (Å²) in [5.41, 5.74) is -0.632. The number of hydrogen-bond acceptors (Lipinski definition) is 10. The Kier molecular flexibility index (Phi) is 8.43. The number of nitrogens with zero attached hydrogens (tertiary/aromatic N) is 3. The van der Waals surface area contributed by atoms with E-state index in [1.165, 1.54) is 0 Å². The number of ether oxygens (including phenoxy) is 3. The molecule has 0 radical (unpaired) electrons. The van der Waals surface area contributed by atoms with Gasteiger partial charge in [0, 0.05) is 13.1 Å². The minimum absolute atomic E-state index is 0.212. The third-order valence-corrected chi connectivity index (χ3v) is 4.97. The minimum Gasteiger partial charge on any atom is -0.469 e. The van der Waals surface area contributed by atoms with Crippen LogP contribution in [0, 0.1) is 34.1 Å². The Morgan fingerprint density at radius 2 is 1.49 bits per heavy atom. The van der Waals surface area contributed by atoms with E-state index in [0.29, 0.717) is 6.07 Å². The van der Waals surface area contributed by atoms with Gasteiger partial charge in [0.2, 0.25) is 5.75 Å². The Bertz CT molecular complexity index is 1170. The summed E-state index contributed by atoms with van der Waals surface area (Å²) in [7, 11) is 3.24. The van der Waals surface area contributed by atoms with Crippen LogP contribution in [-0.2, 0) is 19.1 Å². The Hall–Kier alpha value is -4.55. The van der Waals surface area contributed by atoms with Gasteiger partial charge in [0.1, 0.15) is 17.4 Å². The van der Waals surface area contributed by atoms with E-state index >= 15 is 0 Å². The number of rotatable bonds is 9. The van der Waals surface area contributed by atoms with Crippen molar-refractivity contribution in [3.05, 3.63) is 67.3 Å². The quantitative estimate of drug-likeness (QED) is 0.290. The number of carbonyl (C=O) groups is 3. The predicted molar refractivity (Wildman–Crippen MR) is 120 cm³/mol. The first-order valence-electron chi connectivity index (χ1n) is 10.0. The first-order valence-corrected chi connectivity index (χ1v) is 10.0. The third kappa shape index (κ3) is 6.28. The number of hydrogen-bond donors (Lipinski definition) is 0. The van der Waals surface area contributed by atoms with Crippen LogP contribution in [0.3, 0.4) is 0 Å². The predicted octanol–water partition coefficient (Wildman–Crippen LogP) is 3.09. The van der Waals surface area contributed by atoms with Gasteiger partial charge in [-0.25, -0.2) is 4.79 Å². The van der Waals surface area contributed by atoms with Crippen LogP contribution in [0.5, 0.6) is 11.5 Å². The fourth-order valence-electron chi connectivity index (χ4n) is 3.31. The molecule has 0 spiro atoms. The van der Waals surface area contributed by atoms with Crippen molar-refractivity contribution in [2.24, 2.45) is 0 Å². The molecule has 0 N–H and O–H groups in total. The topological polar surface area (TPSA) is 168 Å². The van der Waals surface area contributed by atoms with Gasteiger partial charge < -0.3 is 19.1 Å². The van der Waals surface area contributed by atoms with E-state index in [-0.39, 0.29) is 5.75 Å². The summed E-state index contributed by atoms with van der Waals surface area (Å²) in [4.78, 5) is 59.4. The van der Waals surface area contributed by atoms with E-state index in [1.807, 2.05) is 6.07 Å². The molecule has 2 rings (SSSR count). The molecule has 186 valence electrons. The maximum Gasteiger partial charge on any atom is 0.329 e. The first-order chi connectivity index (χ1) is 16.4. The van der Waals surface area contributed by atoms with Crippen LogP contribution in [-0.4, -0.2) is 59.9 Å². The zero-order valence-electron chi connectivity index (χ0n) is 19.6. The molecule has 0 unspecified atom stereocenters. The number of nitro groups is 2. The van der Waals surface area contributed by atoms with Crippen LogP contribution in [0.15, 0.2) is 30.3 Å². The molecule has 0 aliphatic carbocycles. The van der Waals surface area contributed by atoms with Crippen molar-refractivity contribution in [1.29, 1.82) is 0 Å². The van der Waals surface area contributed by atoms with Gasteiger partial charge in [0.25, 0.3) is 11.6 Å². The van der Waals surface area contributed by atoms with Gasteiger partial charge in [-0.15, -0.1) is 0 Å². The number of benzene rings is 2. The molecule has 0 saturated heterocycles. The Labute approximate surface area is 199 Å². The van der Waals surface area contributed by atoms with Crippen LogP contribution in [0.1, 0.15) is 27.9 Å². The van der Waals surface area contributed by atoms with Crippen LogP contribution < -0.4 is 4.74 Å². The molecule has 13 nitrogen and oxygen atoms in total. The summed E-state index contributed by atoms with van der Waals surface area (Å²) in [5.74, 6) is -3.09. The zero-order valence-corrected chi connectivity index (χ0v) is 19.6. The van der Waals surface area contributed by atoms with Crippen molar-refractivity contribution in [2.45, 2.75) is 26.3 Å². The fraction of sp³-hybridized carbons (Fsp3) is 0.318. The standard InChI is InChI=1S/C22H23N3O10/c1-12-6-13(2)8-14(7-12)35-19-9-15(16(24(29)30)10-17(19)25(31)32)21(27)23(3)18(22(28)34-5)11-20(26)33-4/h6-10,18H,11H2,1-5H3/t18-/m0/s1. The third-order valence-electron chi connectivity index (χ3n) is 4.97. The van der Waals surface area contributed by atoms with E-state index in [4.69, 9.17) is 4.74 Å². The highest BCUT2D eigenvalue weighted by molar-refractivity contribution is 6.01. The number of nitro benzene ring substituents is 2. The van der Waals surface area contributed by atoms with Crippen molar-refractivity contribution in [2.75, 3.05) is 21.3 Å². The highest BCUT2D eigenvalue weighted by atomic mass is 16.6. The highest BCUT2D eigenvalue weighted by Crippen LogP contribution is 2.38. The molecule has 35 heavy (non-hydrogen) atoms. The number of amides is 1. The summed E-state index contributed by atoms with van der Waals surface area (Å²) in [6.45, 7) is 3.56. The molecule has 0 aromatic heterocycles. The smallest absolute Gasteiger partial charge is 0.329 e. The van der Waals surface area contributed by atoms with Crippen molar-refractivity contribution >= 4 is 29.2 Å². The van der Waals surface area contributed by atoms with Gasteiger partial charge >= 0.3 is 17.6 Å². The molecular weight excluding hydrogens is 466 g/mol. The van der Waals surface area contributed by atoms with Crippen molar-refractivity contribution in [3.63, 3.8) is 0 Å². The average Bonchev–Trinajstić information content (AvgIpc) is 2.79. The van der Waals surface area contributed by atoms with Crippen LogP contribution in [0.2, 0.25) is 0 Å². The lowest BCUT2D eigenvalue weighted by molar-refractivity contribution is -0.394. The molecule has 0 fully saturated rings. The number of esters is 2. The lowest BCUT2D eigenvalue weighted by atomic mass is 10.1. The zero-order chi connectivity index (χ0) is 26.4. The SMILES string of the molecule is COC(=O)C[C@@H](C(=O)OC)N(C)C(=O)c1cc(Oc2cc(C)cc(C)c2)c([N+](=O)[O-])cc1[N+](=O)[O-]. The van der Waals surface area contributed by atoms with Gasteiger partial charge in [-0.3, -0.25) is 29.8 Å². The van der Waals surface area contributed by atoms with Gasteiger partial charge in [-0.2, -0.15) is 0 Å². The minimum atomic E-state index is -1.47. The number of aryl methyl sites for hydroxylation is 2. The Morgan fingerprint density at radius 1 is 0.914 bits per heavy atom. The monoisotopic (exact) mass is 489 g/mol. The van der Waals surface area contributed by atoms with Crippen LogP contribution in [0.25, 0.3) is 0 Å². The summed E-state index contributed by atoms with van der Waals surface area (Å²) in [6, 6.07) is 5.02. The number of carbonyl (C=O) groups excluding carboxylic acids is 3. The summed E-state index contributed by atoms with van der Waals surface area (Å²) in [5, 5.41) is 23.3. The second-order valence-electron chi connectivity index (χ2n) is 7.51. The van der Waals surface area contributed by atoms with Crippen molar-refractivity contribution < 1.29 is 38.4 Å². The summed E-state index contributed by atoms with van der Waals surface area (Å²) < 4.78 is 14.8. The lowest BCUT2D eigenvalue weighted by Gasteiger charge is -2.25. The Balaban J connectivity index is 2.64. The van der Waals surface area contributed by atoms with Gasteiger partial charge in [-0.05, 0) is 37.1 Å². The summed E-state index contributed by atoms with van der Waals surface area (Å²) in [6.07, 6.45) is -0.585. The number of methoxy groups -OCH3 is 2. The largest absolute Gasteiger partial charge is 0.469 e. The summed E-state index contributed by atoms with van der Waals surface area (Å²) >= 11 is 0. The Morgan fingerprint density at radius 3 is 1.97 bits per heavy atom. The molecular formula is C22H23N3O10. The van der Waals surface area contributed by atoms with Crippen molar-refractivity contribution in [3.8, 4) is 11.5 Å². The van der Waals surface area contributed by atoms with Crippen molar-refractivity contribution in [1.82, 2.24) is 4.90 Å². The van der Waals surface area contributed by atoms with Gasteiger partial charge in [0.05, 0.1) is 36.6 Å². The van der Waals surface area contributed by atoms with Crippen LogP contribution >= 0.6 is 0 Å². The first kappa shape index (κ1) is 26.7.